The number of amides is 1. The number of carbonyl (C=O) groups is 3. The quantitative estimate of drug-likeness (QED) is 0.641. The molecule has 1 amide bonds. The SMILES string of the molecule is CCOC(=O)c1ccsc1NC(=O)C1CC=CCC1C(=O)O. The Labute approximate surface area is 131 Å². The molecule has 1 aliphatic rings. The summed E-state index contributed by atoms with van der Waals surface area (Å²) < 4.78 is 4.92. The number of thiophene rings is 1. The van der Waals surface area contributed by atoms with E-state index in [4.69, 9.17) is 4.74 Å². The fourth-order valence-corrected chi connectivity index (χ4v) is 3.14. The Morgan fingerprint density at radius 2 is 2.00 bits per heavy atom. The van der Waals surface area contributed by atoms with Crippen LogP contribution in [0, 0.1) is 11.8 Å². The van der Waals surface area contributed by atoms with Crippen molar-refractivity contribution in [2.24, 2.45) is 11.8 Å². The first-order valence-corrected chi connectivity index (χ1v) is 7.85. The Hall–Kier alpha value is -2.15. The molecule has 1 aromatic rings. The molecule has 2 atom stereocenters. The predicted molar refractivity (Wildman–Crippen MR) is 81.9 cm³/mol. The fourth-order valence-electron chi connectivity index (χ4n) is 2.36. The Balaban J connectivity index is 2.12. The zero-order chi connectivity index (χ0) is 16.1. The molecule has 0 bridgehead atoms. The third-order valence-corrected chi connectivity index (χ3v) is 4.31. The van der Waals surface area contributed by atoms with Gasteiger partial charge >= 0.3 is 11.9 Å². The van der Waals surface area contributed by atoms with Crippen LogP contribution in [0.3, 0.4) is 0 Å². The number of aliphatic carboxylic acids is 1. The van der Waals surface area contributed by atoms with E-state index in [0.29, 0.717) is 23.4 Å². The lowest BCUT2D eigenvalue weighted by molar-refractivity contribution is -0.146. The first kappa shape index (κ1) is 16.2. The highest BCUT2D eigenvalue weighted by Gasteiger charge is 2.34. The molecule has 0 fully saturated rings. The molecule has 2 N–H and O–H groups in total. The van der Waals surface area contributed by atoms with Crippen molar-refractivity contribution in [3.8, 4) is 0 Å². The van der Waals surface area contributed by atoms with Gasteiger partial charge in [0.2, 0.25) is 5.91 Å². The smallest absolute Gasteiger partial charge is 0.341 e. The Kier molecular flexibility index (Phi) is 5.32. The van der Waals surface area contributed by atoms with E-state index in [1.54, 1.807) is 24.4 Å². The Bertz CT molecular complexity index is 607. The minimum atomic E-state index is -0.985. The summed E-state index contributed by atoms with van der Waals surface area (Å²) in [5.41, 5.74) is 0.290. The van der Waals surface area contributed by atoms with Crippen molar-refractivity contribution in [1.82, 2.24) is 0 Å². The second-order valence-corrected chi connectivity index (χ2v) is 5.78. The van der Waals surface area contributed by atoms with Crippen molar-refractivity contribution in [1.29, 1.82) is 0 Å². The van der Waals surface area contributed by atoms with E-state index < -0.39 is 23.8 Å². The molecular weight excluding hydrogens is 306 g/mol. The average Bonchev–Trinajstić information content (AvgIpc) is 2.95. The monoisotopic (exact) mass is 323 g/mol. The Morgan fingerprint density at radius 3 is 2.64 bits per heavy atom. The first-order chi connectivity index (χ1) is 10.5. The normalized spacial score (nSPS) is 20.4. The van der Waals surface area contributed by atoms with E-state index in [1.165, 1.54) is 11.3 Å². The lowest BCUT2D eigenvalue weighted by Gasteiger charge is -2.24. The molecule has 0 spiro atoms. The number of hydrogen-bond donors (Lipinski definition) is 2. The van der Waals surface area contributed by atoms with Crippen LogP contribution in [0.1, 0.15) is 30.1 Å². The molecule has 2 unspecified atom stereocenters. The van der Waals surface area contributed by atoms with Crippen molar-refractivity contribution >= 4 is 34.2 Å². The number of carbonyl (C=O) groups excluding carboxylic acids is 2. The zero-order valence-electron chi connectivity index (χ0n) is 12.1. The number of nitrogens with one attached hydrogen (secondary N) is 1. The Morgan fingerprint density at radius 1 is 1.32 bits per heavy atom. The van der Waals surface area contributed by atoms with Crippen LogP contribution in [-0.4, -0.2) is 29.6 Å². The molecule has 0 radical (unpaired) electrons. The van der Waals surface area contributed by atoms with Gasteiger partial charge in [0.25, 0.3) is 0 Å². The van der Waals surface area contributed by atoms with E-state index in [9.17, 15) is 19.5 Å². The van der Waals surface area contributed by atoms with Gasteiger partial charge in [0.15, 0.2) is 0 Å². The summed E-state index contributed by atoms with van der Waals surface area (Å²) in [6.45, 7) is 1.95. The van der Waals surface area contributed by atoms with Crippen LogP contribution in [0.15, 0.2) is 23.6 Å². The first-order valence-electron chi connectivity index (χ1n) is 6.97. The van der Waals surface area contributed by atoms with E-state index >= 15 is 0 Å². The van der Waals surface area contributed by atoms with Crippen molar-refractivity contribution < 1.29 is 24.2 Å². The van der Waals surface area contributed by atoms with Gasteiger partial charge in [0.05, 0.1) is 24.0 Å². The number of esters is 1. The molecule has 0 saturated carbocycles. The van der Waals surface area contributed by atoms with E-state index in [0.717, 1.165) is 0 Å². The highest BCUT2D eigenvalue weighted by molar-refractivity contribution is 7.14. The van der Waals surface area contributed by atoms with Gasteiger partial charge in [-0.15, -0.1) is 11.3 Å². The van der Waals surface area contributed by atoms with Crippen LogP contribution in [-0.2, 0) is 14.3 Å². The second kappa shape index (κ2) is 7.22. The molecule has 6 nitrogen and oxygen atoms in total. The topological polar surface area (TPSA) is 92.7 Å². The lowest BCUT2D eigenvalue weighted by Crippen LogP contribution is -2.34. The van der Waals surface area contributed by atoms with E-state index in [2.05, 4.69) is 5.32 Å². The van der Waals surface area contributed by atoms with Gasteiger partial charge in [-0.05, 0) is 31.2 Å². The molecule has 1 aromatic heterocycles. The third-order valence-electron chi connectivity index (χ3n) is 3.48. The number of ether oxygens (including phenoxy) is 1. The van der Waals surface area contributed by atoms with E-state index in [1.807, 2.05) is 6.08 Å². The van der Waals surface area contributed by atoms with Crippen LogP contribution in [0.5, 0.6) is 0 Å². The summed E-state index contributed by atoms with van der Waals surface area (Å²) >= 11 is 1.21. The van der Waals surface area contributed by atoms with Crippen LogP contribution in [0.2, 0.25) is 0 Å². The summed E-state index contributed by atoms with van der Waals surface area (Å²) in [6.07, 6.45) is 4.30. The van der Waals surface area contributed by atoms with Gasteiger partial charge in [0.1, 0.15) is 5.00 Å². The number of rotatable bonds is 5. The van der Waals surface area contributed by atoms with Gasteiger partial charge in [-0.25, -0.2) is 4.79 Å². The van der Waals surface area contributed by atoms with Gasteiger partial charge in [-0.2, -0.15) is 0 Å². The molecule has 22 heavy (non-hydrogen) atoms. The molecule has 0 saturated heterocycles. The largest absolute Gasteiger partial charge is 0.481 e. The van der Waals surface area contributed by atoms with Gasteiger partial charge in [0, 0.05) is 0 Å². The molecule has 0 aromatic carbocycles. The maximum atomic E-state index is 12.4. The number of carboxylic acid groups (broad SMARTS) is 1. The minimum absolute atomic E-state index is 0.247. The number of allylic oxidation sites excluding steroid dienone is 2. The lowest BCUT2D eigenvalue weighted by atomic mass is 9.82. The summed E-state index contributed by atoms with van der Waals surface area (Å²) in [5, 5.41) is 13.9. The number of hydrogen-bond acceptors (Lipinski definition) is 5. The van der Waals surface area contributed by atoms with Crippen LogP contribution in [0.4, 0.5) is 5.00 Å². The van der Waals surface area contributed by atoms with Crippen molar-refractivity contribution in [3.05, 3.63) is 29.2 Å². The van der Waals surface area contributed by atoms with Crippen molar-refractivity contribution in [3.63, 3.8) is 0 Å². The van der Waals surface area contributed by atoms with Crippen LogP contribution >= 0.6 is 11.3 Å². The predicted octanol–water partition coefficient (Wildman–Crippen LogP) is 2.53. The molecule has 7 heteroatoms. The molecule has 1 aliphatic carbocycles. The fraction of sp³-hybridized carbons (Fsp3) is 0.400. The minimum Gasteiger partial charge on any atom is -0.481 e. The molecule has 0 aliphatic heterocycles. The standard InChI is InChI=1S/C15H17NO5S/c1-2-21-15(20)11-7-8-22-13(11)16-12(17)9-5-3-4-6-10(9)14(18)19/h3-4,7-10H,2,5-6H2,1H3,(H,16,17)(H,18,19). The summed E-state index contributed by atoms with van der Waals surface area (Å²) in [4.78, 5) is 35.4. The summed E-state index contributed by atoms with van der Waals surface area (Å²) in [6, 6.07) is 1.58. The maximum Gasteiger partial charge on any atom is 0.341 e. The van der Waals surface area contributed by atoms with Gasteiger partial charge < -0.3 is 15.2 Å². The maximum absolute atomic E-state index is 12.4. The molecule has 2 rings (SSSR count). The van der Waals surface area contributed by atoms with Crippen LogP contribution < -0.4 is 5.32 Å². The number of anilines is 1. The molecular formula is C15H17NO5S. The third kappa shape index (κ3) is 3.54. The van der Waals surface area contributed by atoms with Gasteiger partial charge in [-0.3, -0.25) is 9.59 Å². The van der Waals surface area contributed by atoms with Crippen molar-refractivity contribution in [2.75, 3.05) is 11.9 Å². The average molecular weight is 323 g/mol. The molecule has 118 valence electrons. The zero-order valence-corrected chi connectivity index (χ0v) is 12.9. The van der Waals surface area contributed by atoms with Crippen LogP contribution in [0.25, 0.3) is 0 Å². The summed E-state index contributed by atoms with van der Waals surface area (Å²) in [5.74, 6) is -3.25. The highest BCUT2D eigenvalue weighted by Crippen LogP contribution is 2.30. The van der Waals surface area contributed by atoms with E-state index in [-0.39, 0.29) is 12.5 Å². The highest BCUT2D eigenvalue weighted by atomic mass is 32.1. The van der Waals surface area contributed by atoms with Gasteiger partial charge in [-0.1, -0.05) is 12.2 Å². The second-order valence-electron chi connectivity index (χ2n) is 4.87. The number of carboxylic acids is 1. The molecule has 1 heterocycles. The van der Waals surface area contributed by atoms with Crippen molar-refractivity contribution in [2.45, 2.75) is 19.8 Å². The summed E-state index contributed by atoms with van der Waals surface area (Å²) in [7, 11) is 0.